The van der Waals surface area contributed by atoms with Crippen molar-refractivity contribution in [3.63, 3.8) is 0 Å². The molecule has 0 atom stereocenters. The quantitative estimate of drug-likeness (QED) is 0.354. The molecule has 0 N–H and O–H groups in total. The highest BCUT2D eigenvalue weighted by Gasteiger charge is 2.30. The molecule has 1 aliphatic heterocycles. The maximum Gasteiger partial charge on any atom is 0.311 e. The molecule has 1 aromatic carbocycles. The van der Waals surface area contributed by atoms with Crippen molar-refractivity contribution < 1.29 is 23.6 Å². The molecule has 0 saturated heterocycles. The van der Waals surface area contributed by atoms with Gasteiger partial charge in [0.05, 0.1) is 17.7 Å². The minimum atomic E-state index is -0.453. The highest BCUT2D eigenvalue weighted by molar-refractivity contribution is 6.29. The third-order valence-electron chi connectivity index (χ3n) is 4.25. The number of allylic oxidation sites excluding steroid dienone is 1. The highest BCUT2D eigenvalue weighted by Crippen LogP contribution is 2.37. The van der Waals surface area contributed by atoms with Gasteiger partial charge in [-0.2, -0.15) is 0 Å². The first-order valence-electron chi connectivity index (χ1n) is 8.81. The van der Waals surface area contributed by atoms with Crippen molar-refractivity contribution in [2.24, 2.45) is 0 Å². The molecule has 0 radical (unpaired) electrons. The lowest BCUT2D eigenvalue weighted by Gasteiger charge is -2.07. The van der Waals surface area contributed by atoms with E-state index in [4.69, 9.17) is 25.6 Å². The zero-order valence-corrected chi connectivity index (χ0v) is 16.1. The van der Waals surface area contributed by atoms with Crippen molar-refractivity contribution in [2.45, 2.75) is 19.8 Å². The summed E-state index contributed by atoms with van der Waals surface area (Å²) in [6.07, 6.45) is 3.62. The Kier molecular flexibility index (Phi) is 5.14. The summed E-state index contributed by atoms with van der Waals surface area (Å²) in [6.45, 7) is 1.76. The number of fused-ring (bicyclic) bond motifs is 1. The Morgan fingerprint density at radius 3 is 2.86 bits per heavy atom. The summed E-state index contributed by atoms with van der Waals surface area (Å²) in [7, 11) is 0. The largest absolute Gasteiger partial charge is 0.452 e. The molecule has 0 fully saturated rings. The van der Waals surface area contributed by atoms with Crippen LogP contribution < -0.4 is 9.47 Å². The number of pyridine rings is 1. The smallest absolute Gasteiger partial charge is 0.311 e. The number of Topliss-reactive ketones (excluding diaryl/α,β-unsaturated/α-hetero) is 1. The van der Waals surface area contributed by atoms with Gasteiger partial charge in [-0.1, -0.05) is 22.8 Å². The third-order valence-corrected chi connectivity index (χ3v) is 4.43. The van der Waals surface area contributed by atoms with Gasteiger partial charge in [-0.05, 0) is 30.7 Å². The third kappa shape index (κ3) is 4.20. The highest BCUT2D eigenvalue weighted by atomic mass is 35.5. The number of rotatable bonds is 5. The van der Waals surface area contributed by atoms with Crippen LogP contribution in [-0.4, -0.2) is 21.9 Å². The van der Waals surface area contributed by atoms with Crippen molar-refractivity contribution in [1.29, 1.82) is 0 Å². The lowest BCUT2D eigenvalue weighted by Crippen LogP contribution is -2.09. The number of aryl methyl sites for hydroxylation is 2. The van der Waals surface area contributed by atoms with Gasteiger partial charge in [-0.15, -0.1) is 0 Å². The number of esters is 1. The van der Waals surface area contributed by atoms with Crippen LogP contribution in [-0.2, 0) is 11.2 Å². The number of halogens is 1. The van der Waals surface area contributed by atoms with Gasteiger partial charge in [0.2, 0.25) is 5.78 Å². The molecule has 3 heterocycles. The van der Waals surface area contributed by atoms with E-state index >= 15 is 0 Å². The minimum absolute atomic E-state index is 0.0896. The second kappa shape index (κ2) is 7.89. The second-order valence-corrected chi connectivity index (χ2v) is 6.78. The first-order chi connectivity index (χ1) is 14.0. The first-order valence-corrected chi connectivity index (χ1v) is 9.19. The molecule has 1 aliphatic rings. The van der Waals surface area contributed by atoms with Gasteiger partial charge in [0, 0.05) is 30.8 Å². The van der Waals surface area contributed by atoms with E-state index in [1.165, 1.54) is 6.07 Å². The maximum atomic E-state index is 12.7. The van der Waals surface area contributed by atoms with Crippen molar-refractivity contribution in [2.75, 3.05) is 0 Å². The van der Waals surface area contributed by atoms with Crippen LogP contribution in [0.3, 0.4) is 0 Å². The molecule has 0 unspecified atom stereocenters. The normalized spacial score (nSPS) is 14.0. The average molecular weight is 411 g/mol. The molecule has 8 heteroatoms. The summed E-state index contributed by atoms with van der Waals surface area (Å²) in [5.41, 5.74) is 1.71. The molecule has 0 bridgehead atoms. The first kappa shape index (κ1) is 18.9. The van der Waals surface area contributed by atoms with Crippen LogP contribution in [0.2, 0.25) is 5.15 Å². The molecule has 0 spiro atoms. The van der Waals surface area contributed by atoms with Gasteiger partial charge in [-0.3, -0.25) is 14.6 Å². The number of hydrogen-bond acceptors (Lipinski definition) is 7. The molecule has 0 amide bonds. The number of ether oxygens (including phenoxy) is 2. The van der Waals surface area contributed by atoms with Crippen LogP contribution in [0.5, 0.6) is 11.5 Å². The van der Waals surface area contributed by atoms with Crippen LogP contribution in [0, 0.1) is 6.92 Å². The molecule has 0 aliphatic carbocycles. The molecule has 2 aromatic heterocycles. The van der Waals surface area contributed by atoms with Gasteiger partial charge in [0.25, 0.3) is 0 Å². The summed E-state index contributed by atoms with van der Waals surface area (Å²) < 4.78 is 16.0. The van der Waals surface area contributed by atoms with Gasteiger partial charge in [0.1, 0.15) is 17.3 Å². The van der Waals surface area contributed by atoms with Crippen LogP contribution in [0.4, 0.5) is 0 Å². The minimum Gasteiger partial charge on any atom is -0.452 e. The van der Waals surface area contributed by atoms with Crippen LogP contribution in [0.1, 0.15) is 33.8 Å². The lowest BCUT2D eigenvalue weighted by atomic mass is 10.0. The summed E-state index contributed by atoms with van der Waals surface area (Å²) in [6, 6.07) is 10.1. The SMILES string of the molecule is Cc1cc(OC(=O)CCc2cc(Cl)no2)cc2c1C(=O)/C(=C/c1ccccn1)O2. The fraction of sp³-hybridized carbons (Fsp3) is 0.143. The number of hydrogen-bond donors (Lipinski definition) is 0. The van der Waals surface area contributed by atoms with Crippen LogP contribution in [0.25, 0.3) is 6.08 Å². The monoisotopic (exact) mass is 410 g/mol. The number of benzene rings is 1. The summed E-state index contributed by atoms with van der Waals surface area (Å²) in [5, 5.41) is 3.79. The zero-order chi connectivity index (χ0) is 20.4. The van der Waals surface area contributed by atoms with E-state index in [0.29, 0.717) is 40.5 Å². The van der Waals surface area contributed by atoms with Crippen molar-refractivity contribution in [3.05, 3.63) is 76.1 Å². The second-order valence-electron chi connectivity index (χ2n) is 6.40. The Balaban J connectivity index is 1.48. The molecule has 0 saturated carbocycles. The topological polar surface area (TPSA) is 91.5 Å². The van der Waals surface area contributed by atoms with E-state index in [-0.39, 0.29) is 23.1 Å². The number of aromatic nitrogens is 2. The van der Waals surface area contributed by atoms with Crippen molar-refractivity contribution in [1.82, 2.24) is 10.1 Å². The van der Waals surface area contributed by atoms with Gasteiger partial charge < -0.3 is 14.0 Å². The number of carbonyl (C=O) groups is 2. The molecule has 7 nitrogen and oxygen atoms in total. The van der Waals surface area contributed by atoms with Crippen LogP contribution >= 0.6 is 11.6 Å². The molecule has 29 heavy (non-hydrogen) atoms. The number of ketones is 1. The fourth-order valence-electron chi connectivity index (χ4n) is 2.95. The average Bonchev–Trinajstić information content (AvgIpc) is 3.24. The lowest BCUT2D eigenvalue weighted by molar-refractivity contribution is -0.134. The predicted molar refractivity (Wildman–Crippen MR) is 104 cm³/mol. The van der Waals surface area contributed by atoms with Gasteiger partial charge in [-0.25, -0.2) is 0 Å². The molecular formula is C21H15ClN2O5. The zero-order valence-electron chi connectivity index (χ0n) is 15.3. The Morgan fingerprint density at radius 2 is 2.14 bits per heavy atom. The molecular weight excluding hydrogens is 396 g/mol. The maximum absolute atomic E-state index is 12.7. The molecule has 146 valence electrons. The van der Waals surface area contributed by atoms with E-state index in [0.717, 1.165) is 0 Å². The Labute approximate surface area is 170 Å². The Hall–Kier alpha value is -3.45. The van der Waals surface area contributed by atoms with Gasteiger partial charge >= 0.3 is 5.97 Å². The van der Waals surface area contributed by atoms with E-state index < -0.39 is 5.97 Å². The van der Waals surface area contributed by atoms with Crippen molar-refractivity contribution in [3.8, 4) is 11.5 Å². The Bertz CT molecular complexity index is 1120. The summed E-state index contributed by atoms with van der Waals surface area (Å²) in [5.74, 6) is 0.632. The number of carbonyl (C=O) groups excluding carboxylic acids is 2. The Morgan fingerprint density at radius 1 is 1.28 bits per heavy atom. The van der Waals surface area contributed by atoms with E-state index in [1.54, 1.807) is 43.5 Å². The van der Waals surface area contributed by atoms with E-state index in [2.05, 4.69) is 10.1 Å². The van der Waals surface area contributed by atoms with E-state index in [9.17, 15) is 9.59 Å². The van der Waals surface area contributed by atoms with Gasteiger partial charge in [0.15, 0.2) is 10.9 Å². The fourth-order valence-corrected chi connectivity index (χ4v) is 3.10. The van der Waals surface area contributed by atoms with E-state index in [1.807, 2.05) is 6.07 Å². The predicted octanol–water partition coefficient (Wildman–Crippen LogP) is 4.19. The molecule has 4 rings (SSSR count). The summed E-state index contributed by atoms with van der Waals surface area (Å²) >= 11 is 5.68. The standard InChI is InChI=1S/C21H15ClN2O5/c1-12-8-15(27-19(25)6-5-14-11-18(22)24-29-14)10-16-20(12)21(26)17(28-16)9-13-4-2-3-7-23-13/h2-4,7-11H,5-6H2,1H3/b17-9-. The van der Waals surface area contributed by atoms with Crippen LogP contribution in [0.15, 0.2) is 52.9 Å². The number of nitrogens with zero attached hydrogens (tertiary/aromatic N) is 2. The molecule has 3 aromatic rings. The van der Waals surface area contributed by atoms with Crippen molar-refractivity contribution >= 4 is 29.4 Å². The summed E-state index contributed by atoms with van der Waals surface area (Å²) in [4.78, 5) is 29.0.